The minimum Gasteiger partial charge on any atom is -0.478 e. The van der Waals surface area contributed by atoms with Gasteiger partial charge in [0.2, 0.25) is 0 Å². The molecule has 1 aromatic rings. The topological polar surface area (TPSA) is 55.8 Å². The summed E-state index contributed by atoms with van der Waals surface area (Å²) in [5, 5.41) is 8.80. The first-order valence-electron chi connectivity index (χ1n) is 6.01. The van der Waals surface area contributed by atoms with Crippen LogP contribution in [0, 0.1) is 5.82 Å². The van der Waals surface area contributed by atoms with Crippen LogP contribution in [0.2, 0.25) is 0 Å². The number of hydrogen-bond acceptors (Lipinski definition) is 3. The van der Waals surface area contributed by atoms with Crippen molar-refractivity contribution in [3.05, 3.63) is 35.1 Å². The van der Waals surface area contributed by atoms with Crippen molar-refractivity contribution < 1.29 is 23.8 Å². The maximum absolute atomic E-state index is 13.8. The number of rotatable bonds is 7. The lowest BCUT2D eigenvalue weighted by Gasteiger charge is -2.22. The van der Waals surface area contributed by atoms with E-state index in [-0.39, 0.29) is 23.3 Å². The first-order chi connectivity index (χ1) is 8.87. The normalized spacial score (nSPS) is 11.6. The zero-order chi connectivity index (χ0) is 14.5. The van der Waals surface area contributed by atoms with Crippen molar-refractivity contribution in [2.75, 3.05) is 13.7 Å². The van der Waals surface area contributed by atoms with Gasteiger partial charge in [0.1, 0.15) is 5.82 Å². The molecule has 0 fully saturated rings. The van der Waals surface area contributed by atoms with Gasteiger partial charge in [0, 0.05) is 19.3 Å². The molecular formula is C14H19FO4. The van der Waals surface area contributed by atoms with Gasteiger partial charge in [-0.3, -0.25) is 0 Å². The molecule has 4 nitrogen and oxygen atoms in total. The molecule has 0 amide bonds. The molecule has 1 rings (SSSR count). The summed E-state index contributed by atoms with van der Waals surface area (Å²) < 4.78 is 24.4. The van der Waals surface area contributed by atoms with E-state index in [9.17, 15) is 9.18 Å². The summed E-state index contributed by atoms with van der Waals surface area (Å²) in [7, 11) is 1.62. The molecule has 0 spiro atoms. The third-order valence-electron chi connectivity index (χ3n) is 2.97. The summed E-state index contributed by atoms with van der Waals surface area (Å²) in [5.41, 5.74) is -0.380. The zero-order valence-electron chi connectivity index (χ0n) is 11.4. The lowest BCUT2D eigenvalue weighted by molar-refractivity contribution is -0.0127. The van der Waals surface area contributed by atoms with Crippen molar-refractivity contribution in [3.8, 4) is 0 Å². The highest BCUT2D eigenvalue weighted by atomic mass is 19.1. The molecule has 0 aliphatic carbocycles. The summed E-state index contributed by atoms with van der Waals surface area (Å²) >= 11 is 0. The number of aromatic carboxylic acids is 1. The molecule has 0 bridgehead atoms. The Labute approximate surface area is 112 Å². The fraction of sp³-hybridized carbons (Fsp3) is 0.500. The van der Waals surface area contributed by atoms with Gasteiger partial charge in [0.25, 0.3) is 0 Å². The minimum atomic E-state index is -1.28. The van der Waals surface area contributed by atoms with Crippen molar-refractivity contribution in [1.82, 2.24) is 0 Å². The van der Waals surface area contributed by atoms with E-state index in [0.717, 1.165) is 0 Å². The highest BCUT2D eigenvalue weighted by Gasteiger charge is 2.17. The molecular weight excluding hydrogens is 251 g/mol. The highest BCUT2D eigenvalue weighted by Crippen LogP contribution is 2.16. The second kappa shape index (κ2) is 6.63. The molecule has 0 heterocycles. The molecule has 5 heteroatoms. The second-order valence-corrected chi connectivity index (χ2v) is 4.85. The second-order valence-electron chi connectivity index (χ2n) is 4.85. The Kier molecular flexibility index (Phi) is 5.44. The van der Waals surface area contributed by atoms with Crippen molar-refractivity contribution in [2.24, 2.45) is 0 Å². The van der Waals surface area contributed by atoms with Gasteiger partial charge in [-0.2, -0.15) is 0 Å². The molecule has 1 aromatic carbocycles. The predicted molar refractivity (Wildman–Crippen MR) is 68.7 cm³/mol. The van der Waals surface area contributed by atoms with Gasteiger partial charge < -0.3 is 14.6 Å². The Balaban J connectivity index is 2.55. The number of halogens is 1. The van der Waals surface area contributed by atoms with Gasteiger partial charge in [0.15, 0.2) is 0 Å². The van der Waals surface area contributed by atoms with Crippen LogP contribution >= 0.6 is 0 Å². The van der Waals surface area contributed by atoms with E-state index in [4.69, 9.17) is 14.6 Å². The molecule has 0 radical (unpaired) electrons. The number of benzene rings is 1. The van der Waals surface area contributed by atoms with Crippen LogP contribution in [0.25, 0.3) is 0 Å². The number of carboxylic acid groups (broad SMARTS) is 1. The van der Waals surface area contributed by atoms with Crippen LogP contribution in [0.1, 0.15) is 36.2 Å². The Morgan fingerprint density at radius 1 is 1.42 bits per heavy atom. The van der Waals surface area contributed by atoms with Crippen LogP contribution in [0.3, 0.4) is 0 Å². The average Bonchev–Trinajstić information content (AvgIpc) is 2.36. The molecule has 0 unspecified atom stereocenters. The molecule has 0 saturated carbocycles. The highest BCUT2D eigenvalue weighted by molar-refractivity contribution is 5.88. The third kappa shape index (κ3) is 4.61. The molecule has 0 saturated heterocycles. The lowest BCUT2D eigenvalue weighted by atomic mass is 10.1. The smallest absolute Gasteiger partial charge is 0.338 e. The van der Waals surface area contributed by atoms with Gasteiger partial charge in [-0.25, -0.2) is 9.18 Å². The SMILES string of the molecule is COC(C)(C)CCOCc1cccc(C(=O)O)c1F. The Hall–Kier alpha value is -1.46. The van der Waals surface area contributed by atoms with E-state index in [1.165, 1.54) is 18.2 Å². The van der Waals surface area contributed by atoms with Gasteiger partial charge in [-0.05, 0) is 26.3 Å². The molecule has 0 aromatic heterocycles. The van der Waals surface area contributed by atoms with Gasteiger partial charge >= 0.3 is 5.97 Å². The van der Waals surface area contributed by atoms with E-state index in [1.807, 2.05) is 13.8 Å². The van der Waals surface area contributed by atoms with Crippen molar-refractivity contribution in [1.29, 1.82) is 0 Å². The van der Waals surface area contributed by atoms with Crippen LogP contribution < -0.4 is 0 Å². The molecule has 0 aliphatic rings. The molecule has 0 aliphatic heterocycles. The number of ether oxygens (including phenoxy) is 2. The summed E-state index contributed by atoms with van der Waals surface area (Å²) in [5.74, 6) is -2.01. The summed E-state index contributed by atoms with van der Waals surface area (Å²) in [4.78, 5) is 10.8. The zero-order valence-corrected chi connectivity index (χ0v) is 11.4. The molecule has 106 valence electrons. The number of carboxylic acids is 1. The third-order valence-corrected chi connectivity index (χ3v) is 2.97. The average molecular weight is 270 g/mol. The van der Waals surface area contributed by atoms with Crippen LogP contribution in [0.15, 0.2) is 18.2 Å². The van der Waals surface area contributed by atoms with Crippen molar-refractivity contribution in [3.63, 3.8) is 0 Å². The number of methoxy groups -OCH3 is 1. The standard InChI is InChI=1S/C14H19FO4/c1-14(2,18-3)7-8-19-9-10-5-4-6-11(12(10)15)13(16)17/h4-6H,7-9H2,1-3H3,(H,16,17). The number of hydrogen-bond donors (Lipinski definition) is 1. The maximum atomic E-state index is 13.8. The quantitative estimate of drug-likeness (QED) is 0.774. The summed E-state index contributed by atoms with van der Waals surface area (Å²) in [6, 6.07) is 4.25. The lowest BCUT2D eigenvalue weighted by Crippen LogP contribution is -2.24. The van der Waals surface area contributed by atoms with E-state index in [1.54, 1.807) is 7.11 Å². The Morgan fingerprint density at radius 2 is 2.11 bits per heavy atom. The summed E-state index contributed by atoms with van der Waals surface area (Å²) in [6.45, 7) is 4.33. The first-order valence-corrected chi connectivity index (χ1v) is 6.01. The monoisotopic (exact) mass is 270 g/mol. The summed E-state index contributed by atoms with van der Waals surface area (Å²) in [6.07, 6.45) is 0.670. The van der Waals surface area contributed by atoms with E-state index < -0.39 is 11.8 Å². The van der Waals surface area contributed by atoms with Crippen molar-refractivity contribution in [2.45, 2.75) is 32.5 Å². The van der Waals surface area contributed by atoms with Gasteiger partial charge in [-0.15, -0.1) is 0 Å². The predicted octanol–water partition coefficient (Wildman–Crippen LogP) is 2.86. The van der Waals surface area contributed by atoms with Crippen LogP contribution in [-0.4, -0.2) is 30.4 Å². The van der Waals surface area contributed by atoms with E-state index in [2.05, 4.69) is 0 Å². The van der Waals surface area contributed by atoms with Crippen molar-refractivity contribution >= 4 is 5.97 Å². The minimum absolute atomic E-state index is 0.0484. The molecule has 0 atom stereocenters. The maximum Gasteiger partial charge on any atom is 0.338 e. The van der Waals surface area contributed by atoms with Gasteiger partial charge in [-0.1, -0.05) is 12.1 Å². The van der Waals surface area contributed by atoms with Crippen LogP contribution in [0.5, 0.6) is 0 Å². The largest absolute Gasteiger partial charge is 0.478 e. The molecule has 1 N–H and O–H groups in total. The van der Waals surface area contributed by atoms with E-state index in [0.29, 0.717) is 13.0 Å². The Morgan fingerprint density at radius 3 is 2.68 bits per heavy atom. The Bertz CT molecular complexity index is 443. The van der Waals surface area contributed by atoms with Crippen LogP contribution in [-0.2, 0) is 16.1 Å². The van der Waals surface area contributed by atoms with Gasteiger partial charge in [0.05, 0.1) is 17.8 Å². The first kappa shape index (κ1) is 15.6. The number of carbonyl (C=O) groups is 1. The van der Waals surface area contributed by atoms with E-state index >= 15 is 0 Å². The van der Waals surface area contributed by atoms with Crippen LogP contribution in [0.4, 0.5) is 4.39 Å². The molecule has 19 heavy (non-hydrogen) atoms. The fourth-order valence-corrected chi connectivity index (χ4v) is 1.46. The fourth-order valence-electron chi connectivity index (χ4n) is 1.46.